The number of primary amides is 1. The molecule has 0 aliphatic heterocycles. The summed E-state index contributed by atoms with van der Waals surface area (Å²) < 4.78 is 5.39. The van der Waals surface area contributed by atoms with Crippen LogP contribution in [0.5, 0.6) is 0 Å². The molecule has 9 heteroatoms. The lowest BCUT2D eigenvalue weighted by molar-refractivity contribution is -0.141. The molecule has 0 aliphatic carbocycles. The maximum atomic E-state index is 14.2. The first-order valence-corrected chi connectivity index (χ1v) is 13.8. The average Bonchev–Trinajstić information content (AvgIpc) is 2.85. The highest BCUT2D eigenvalue weighted by molar-refractivity contribution is 6.00. The highest BCUT2D eigenvalue weighted by Gasteiger charge is 2.37. The quantitative estimate of drug-likeness (QED) is 0.338. The van der Waals surface area contributed by atoms with Crippen LogP contribution in [0.1, 0.15) is 81.7 Å². The van der Waals surface area contributed by atoms with Gasteiger partial charge >= 0.3 is 6.09 Å². The minimum atomic E-state index is -1.13. The highest BCUT2D eigenvalue weighted by atomic mass is 16.6. The first-order valence-electron chi connectivity index (χ1n) is 13.8. The number of unbranched alkanes of at least 4 members (excludes halogenated alkanes) is 1. The Kier molecular flexibility index (Phi) is 11.7. The van der Waals surface area contributed by atoms with E-state index in [9.17, 15) is 19.2 Å². The smallest absolute Gasteiger partial charge is 0.408 e. The number of nitrogens with two attached hydrogens (primary N) is 1. The van der Waals surface area contributed by atoms with Crippen molar-refractivity contribution in [3.63, 3.8) is 0 Å². The van der Waals surface area contributed by atoms with Gasteiger partial charge in [0.15, 0.2) is 0 Å². The SMILES string of the molecule is CCCCN(C(=O)C(CCC(N)=O)NC(=O)OC(C)(C)C)C(C(=O)Nc1ccccc1C)c1c(C)cccc1C. The van der Waals surface area contributed by atoms with Crippen LogP contribution >= 0.6 is 0 Å². The van der Waals surface area contributed by atoms with Gasteiger partial charge in [0.1, 0.15) is 17.7 Å². The van der Waals surface area contributed by atoms with Crippen LogP contribution < -0.4 is 16.4 Å². The van der Waals surface area contributed by atoms with Gasteiger partial charge < -0.3 is 26.0 Å². The number of rotatable bonds is 12. The van der Waals surface area contributed by atoms with E-state index >= 15 is 0 Å². The monoisotopic (exact) mass is 552 g/mol. The summed E-state index contributed by atoms with van der Waals surface area (Å²) in [6.45, 7) is 13.1. The van der Waals surface area contributed by atoms with Gasteiger partial charge in [0, 0.05) is 18.7 Å². The van der Waals surface area contributed by atoms with Gasteiger partial charge in [0.25, 0.3) is 5.91 Å². The summed E-state index contributed by atoms with van der Waals surface area (Å²) in [4.78, 5) is 54.2. The van der Waals surface area contributed by atoms with E-state index in [1.54, 1.807) is 20.8 Å². The molecule has 0 spiro atoms. The first-order chi connectivity index (χ1) is 18.7. The number of nitrogens with zero attached hydrogens (tertiary/aromatic N) is 1. The third-order valence-electron chi connectivity index (χ3n) is 6.48. The number of ether oxygens (including phenoxy) is 1. The van der Waals surface area contributed by atoms with E-state index in [0.29, 0.717) is 17.7 Å². The van der Waals surface area contributed by atoms with Gasteiger partial charge in [-0.1, -0.05) is 49.7 Å². The summed E-state index contributed by atoms with van der Waals surface area (Å²) in [5.41, 5.74) is 8.55. The van der Waals surface area contributed by atoms with Gasteiger partial charge in [-0.3, -0.25) is 14.4 Å². The van der Waals surface area contributed by atoms with E-state index < -0.39 is 35.6 Å². The molecule has 0 aromatic heterocycles. The van der Waals surface area contributed by atoms with Crippen LogP contribution in [0.2, 0.25) is 0 Å². The first kappa shape index (κ1) is 32.3. The molecule has 4 amide bonds. The molecule has 2 atom stereocenters. The third-order valence-corrected chi connectivity index (χ3v) is 6.48. The van der Waals surface area contributed by atoms with Crippen LogP contribution in [0.3, 0.4) is 0 Å². The van der Waals surface area contributed by atoms with E-state index in [0.717, 1.165) is 23.1 Å². The lowest BCUT2D eigenvalue weighted by atomic mass is 9.93. The minimum absolute atomic E-state index is 0.0328. The van der Waals surface area contributed by atoms with Crippen molar-refractivity contribution in [1.82, 2.24) is 10.2 Å². The Hall–Kier alpha value is -3.88. The second kappa shape index (κ2) is 14.5. The number of nitrogens with one attached hydrogen (secondary N) is 2. The number of benzene rings is 2. The van der Waals surface area contributed by atoms with E-state index in [2.05, 4.69) is 10.6 Å². The molecule has 40 heavy (non-hydrogen) atoms. The number of aryl methyl sites for hydroxylation is 3. The number of para-hydroxylation sites is 1. The van der Waals surface area contributed by atoms with Gasteiger partial charge in [0.2, 0.25) is 11.8 Å². The van der Waals surface area contributed by atoms with Crippen LogP contribution in [-0.2, 0) is 19.1 Å². The number of carbonyl (C=O) groups is 4. The molecule has 0 heterocycles. The summed E-state index contributed by atoms with van der Waals surface area (Å²) in [7, 11) is 0. The molecular weight excluding hydrogens is 508 g/mol. The van der Waals surface area contributed by atoms with Crippen molar-refractivity contribution >= 4 is 29.5 Å². The lowest BCUT2D eigenvalue weighted by Crippen LogP contribution is -2.53. The van der Waals surface area contributed by atoms with Crippen LogP contribution in [0.25, 0.3) is 0 Å². The zero-order valence-corrected chi connectivity index (χ0v) is 24.8. The molecule has 4 N–H and O–H groups in total. The molecule has 0 fully saturated rings. The topological polar surface area (TPSA) is 131 Å². The van der Waals surface area contributed by atoms with Crippen molar-refractivity contribution < 1.29 is 23.9 Å². The Morgan fingerprint density at radius 2 is 1.55 bits per heavy atom. The van der Waals surface area contributed by atoms with Crippen molar-refractivity contribution in [1.29, 1.82) is 0 Å². The Bertz CT molecular complexity index is 1180. The fourth-order valence-electron chi connectivity index (χ4n) is 4.49. The van der Waals surface area contributed by atoms with Crippen molar-refractivity contribution in [3.05, 3.63) is 64.7 Å². The molecule has 0 saturated carbocycles. The predicted molar refractivity (Wildman–Crippen MR) is 157 cm³/mol. The third kappa shape index (κ3) is 9.39. The largest absolute Gasteiger partial charge is 0.444 e. The number of amides is 4. The van der Waals surface area contributed by atoms with Crippen LogP contribution in [0, 0.1) is 20.8 Å². The van der Waals surface area contributed by atoms with Gasteiger partial charge in [-0.2, -0.15) is 0 Å². The van der Waals surface area contributed by atoms with E-state index in [1.165, 1.54) is 4.90 Å². The number of anilines is 1. The Morgan fingerprint density at radius 1 is 0.950 bits per heavy atom. The van der Waals surface area contributed by atoms with E-state index in [-0.39, 0.29) is 25.3 Å². The van der Waals surface area contributed by atoms with Gasteiger partial charge in [-0.05, 0) is 82.7 Å². The molecule has 0 radical (unpaired) electrons. The zero-order valence-electron chi connectivity index (χ0n) is 24.8. The lowest BCUT2D eigenvalue weighted by Gasteiger charge is -2.36. The van der Waals surface area contributed by atoms with Gasteiger partial charge in [-0.25, -0.2) is 4.79 Å². The Morgan fingerprint density at radius 3 is 2.10 bits per heavy atom. The van der Waals surface area contributed by atoms with Crippen LogP contribution in [-0.4, -0.2) is 46.9 Å². The number of hydrogen-bond donors (Lipinski definition) is 3. The zero-order chi connectivity index (χ0) is 30.0. The van der Waals surface area contributed by atoms with Crippen LogP contribution in [0.4, 0.5) is 10.5 Å². The predicted octanol–water partition coefficient (Wildman–Crippen LogP) is 5.08. The summed E-state index contributed by atoms with van der Waals surface area (Å²) >= 11 is 0. The fourth-order valence-corrected chi connectivity index (χ4v) is 4.49. The maximum absolute atomic E-state index is 14.2. The van der Waals surface area contributed by atoms with Crippen LogP contribution in [0.15, 0.2) is 42.5 Å². The van der Waals surface area contributed by atoms with E-state index in [1.807, 2.05) is 70.2 Å². The van der Waals surface area contributed by atoms with Crippen molar-refractivity contribution in [3.8, 4) is 0 Å². The Labute approximate surface area is 237 Å². The molecule has 0 bridgehead atoms. The maximum Gasteiger partial charge on any atom is 0.408 e. The van der Waals surface area contributed by atoms with E-state index in [4.69, 9.17) is 10.5 Å². The van der Waals surface area contributed by atoms with Gasteiger partial charge in [-0.15, -0.1) is 0 Å². The van der Waals surface area contributed by atoms with Crippen molar-refractivity contribution in [2.24, 2.45) is 5.73 Å². The fraction of sp³-hybridized carbons (Fsp3) is 0.484. The molecule has 2 aromatic rings. The summed E-state index contributed by atoms with van der Waals surface area (Å²) in [6.07, 6.45) is 0.443. The average molecular weight is 553 g/mol. The molecule has 0 aliphatic rings. The van der Waals surface area contributed by atoms with Crippen molar-refractivity contribution in [2.45, 2.75) is 91.8 Å². The molecule has 2 aromatic carbocycles. The second-order valence-electron chi connectivity index (χ2n) is 11.1. The molecule has 218 valence electrons. The Balaban J connectivity index is 2.61. The second-order valence-corrected chi connectivity index (χ2v) is 11.1. The number of carbonyl (C=O) groups excluding carboxylic acids is 4. The molecule has 9 nitrogen and oxygen atoms in total. The number of alkyl carbamates (subject to hydrolysis) is 1. The molecule has 2 unspecified atom stereocenters. The van der Waals surface area contributed by atoms with Gasteiger partial charge in [0.05, 0.1) is 0 Å². The molecular formula is C31H44N4O5. The normalized spacial score (nSPS) is 12.7. The van der Waals surface area contributed by atoms with Crippen molar-refractivity contribution in [2.75, 3.05) is 11.9 Å². The standard InChI is InChI=1S/C31H44N4O5/c1-8-9-19-35(29(38)24(17-18-25(32)36)34-30(39)40-31(5,6)7)27(26-21(3)14-12-15-22(26)4)28(37)33-23-16-11-10-13-20(23)2/h10-16,24,27H,8-9,17-19H2,1-7H3,(H2,32,36)(H,33,37)(H,34,39). The minimum Gasteiger partial charge on any atom is -0.444 e. The summed E-state index contributed by atoms with van der Waals surface area (Å²) in [5, 5.41) is 5.64. The highest BCUT2D eigenvalue weighted by Crippen LogP contribution is 2.31. The molecule has 0 saturated heterocycles. The number of hydrogen-bond acceptors (Lipinski definition) is 5. The summed E-state index contributed by atoms with van der Waals surface area (Å²) in [5.74, 6) is -1.47. The molecule has 2 rings (SSSR count). The summed E-state index contributed by atoms with van der Waals surface area (Å²) in [6, 6.07) is 11.0.